The van der Waals surface area contributed by atoms with Gasteiger partial charge in [-0.2, -0.15) is 0 Å². The second-order valence-electron chi connectivity index (χ2n) is 34.0. The van der Waals surface area contributed by atoms with Crippen molar-refractivity contribution in [1.29, 1.82) is 0 Å². The molecule has 0 atom stereocenters. The minimum atomic E-state index is 1.17. The molecule has 0 saturated carbocycles. The van der Waals surface area contributed by atoms with Crippen LogP contribution in [0.2, 0.25) is 0 Å². The summed E-state index contributed by atoms with van der Waals surface area (Å²) in [5.74, 6) is 0. The van der Waals surface area contributed by atoms with Crippen molar-refractivity contribution in [2.24, 2.45) is 0 Å². The quantitative estimate of drug-likeness (QED) is 0.131. The summed E-state index contributed by atoms with van der Waals surface area (Å²) in [4.78, 5) is 0. The van der Waals surface area contributed by atoms with Crippen LogP contribution in [0.1, 0.15) is 11.1 Å². The summed E-state index contributed by atoms with van der Waals surface area (Å²) < 4.78 is 17.0. The predicted molar refractivity (Wildman–Crippen MR) is 549 cm³/mol. The Morgan fingerprint density at radius 1 is 0.147 bits per heavy atom. The number of aromatic nitrogens is 6. The molecule has 606 valence electrons. The van der Waals surface area contributed by atoms with Crippen LogP contribution >= 0.6 is 11.3 Å². The van der Waals surface area contributed by atoms with Gasteiger partial charge in [0.1, 0.15) is 0 Å². The Balaban J connectivity index is 0.000000106. The highest BCUT2D eigenvalue weighted by Gasteiger charge is 2.23. The van der Waals surface area contributed by atoms with Crippen LogP contribution < -0.4 is 0 Å². The molecular weight excluding hydrogens is 1580 g/mol. The third kappa shape index (κ3) is 12.5. The van der Waals surface area contributed by atoms with E-state index in [0.29, 0.717) is 0 Å². The topological polar surface area (TPSA) is 29.6 Å². The Morgan fingerprint density at radius 3 is 0.667 bits per heavy atom. The van der Waals surface area contributed by atoms with Gasteiger partial charge in [0.15, 0.2) is 0 Å². The Hall–Kier alpha value is -16.6. The Labute approximate surface area is 749 Å². The molecule has 129 heavy (non-hydrogen) atoms. The molecule has 0 unspecified atom stereocenters. The third-order valence-corrected chi connectivity index (χ3v) is 27.6. The van der Waals surface area contributed by atoms with Crippen molar-refractivity contribution in [3.8, 4) is 78.6 Å². The molecule has 0 bridgehead atoms. The van der Waals surface area contributed by atoms with Crippen LogP contribution in [0, 0.1) is 13.8 Å². The van der Waals surface area contributed by atoms with Gasteiger partial charge in [-0.05, 0) is 264 Å². The van der Waals surface area contributed by atoms with Crippen LogP contribution in [0.25, 0.3) is 230 Å². The Morgan fingerprint density at radius 2 is 0.364 bits per heavy atom. The van der Waals surface area contributed by atoms with Crippen molar-refractivity contribution in [2.75, 3.05) is 0 Å². The van der Waals surface area contributed by atoms with Crippen molar-refractivity contribution < 1.29 is 0 Å². The SMILES string of the molecule is Cc1cccc(-n2c3ccccc3c3cc(-c4ccc5c(c4)c4ccccc4n5-c4cccc(C)c4)ccc32)c1.c1ccc(-n2c3ccccc3c3cc(-c4ccc5c(c4)c4cc(-c6cccc7c6sc6ccccc67)ccc4n5-c4ccccc4)ccc32)cc1.c1ccc(-n2c3ccccc3c3cc(-c4ccc5c(c4)c4ccccc4n5-c4ccccc4)ccc32)cc1. The summed E-state index contributed by atoms with van der Waals surface area (Å²) in [7, 11) is 0. The molecule has 0 amide bonds. The number of benzene rings is 20. The fraction of sp³-hybridized carbons (Fsp3) is 0.0164. The molecule has 7 heteroatoms. The number of hydrogen-bond donors (Lipinski definition) is 0. The maximum atomic E-state index is 2.41. The molecule has 0 aliphatic carbocycles. The van der Waals surface area contributed by atoms with Crippen LogP contribution in [-0.2, 0) is 0 Å². The maximum Gasteiger partial charge on any atom is 0.0541 e. The molecule has 0 N–H and O–H groups in total. The summed E-state index contributed by atoms with van der Waals surface area (Å²) >= 11 is 1.89. The zero-order valence-electron chi connectivity index (χ0n) is 71.0. The average molecular weight is 1660 g/mol. The summed E-state index contributed by atoms with van der Waals surface area (Å²) in [5.41, 5.74) is 34.2. The minimum absolute atomic E-state index is 1.17. The van der Waals surface area contributed by atoms with Crippen LogP contribution in [0.4, 0.5) is 0 Å². The van der Waals surface area contributed by atoms with Gasteiger partial charge in [-0.1, -0.05) is 267 Å². The number of para-hydroxylation sites is 9. The number of hydrogen-bond acceptors (Lipinski definition) is 1. The lowest BCUT2D eigenvalue weighted by atomic mass is 9.98. The van der Waals surface area contributed by atoms with Crippen molar-refractivity contribution >= 4 is 162 Å². The van der Waals surface area contributed by atoms with Crippen molar-refractivity contribution in [1.82, 2.24) is 27.4 Å². The highest BCUT2D eigenvalue weighted by atomic mass is 32.1. The zero-order chi connectivity index (χ0) is 85.3. The van der Waals surface area contributed by atoms with Crippen LogP contribution in [0.15, 0.2) is 461 Å². The van der Waals surface area contributed by atoms with Gasteiger partial charge in [-0.3, -0.25) is 0 Å². The Bertz CT molecular complexity index is 8830. The largest absolute Gasteiger partial charge is 0.309 e. The van der Waals surface area contributed by atoms with Crippen LogP contribution in [0.3, 0.4) is 0 Å². The van der Waals surface area contributed by atoms with Gasteiger partial charge in [0.2, 0.25) is 0 Å². The number of thiophene rings is 1. The van der Waals surface area contributed by atoms with Gasteiger partial charge in [0, 0.05) is 119 Å². The van der Waals surface area contributed by atoms with E-state index in [2.05, 4.69) is 502 Å². The number of fused-ring (bicyclic) bond motifs is 21. The van der Waals surface area contributed by atoms with Gasteiger partial charge in [0.25, 0.3) is 0 Å². The minimum Gasteiger partial charge on any atom is -0.309 e. The van der Waals surface area contributed by atoms with E-state index in [-0.39, 0.29) is 0 Å². The number of rotatable bonds is 10. The molecule has 7 heterocycles. The molecule has 0 spiro atoms. The van der Waals surface area contributed by atoms with Gasteiger partial charge >= 0.3 is 0 Å². The third-order valence-electron chi connectivity index (χ3n) is 26.4. The predicted octanol–water partition coefficient (Wildman–Crippen LogP) is 33.3. The van der Waals surface area contributed by atoms with Gasteiger partial charge in [0.05, 0.1) is 66.2 Å². The summed E-state index contributed by atoms with van der Waals surface area (Å²) in [6.45, 7) is 4.31. The van der Waals surface area contributed by atoms with E-state index in [0.717, 1.165) is 0 Å². The first kappa shape index (κ1) is 75.0. The van der Waals surface area contributed by atoms with E-state index < -0.39 is 0 Å². The van der Waals surface area contributed by atoms with E-state index in [4.69, 9.17) is 0 Å². The van der Waals surface area contributed by atoms with Crippen LogP contribution in [0.5, 0.6) is 0 Å². The highest BCUT2D eigenvalue weighted by Crippen LogP contribution is 2.47. The second-order valence-corrected chi connectivity index (χ2v) is 35.1. The number of aryl methyl sites for hydroxylation is 2. The molecule has 0 aliphatic rings. The molecular formula is C122H82N6S. The highest BCUT2D eigenvalue weighted by molar-refractivity contribution is 7.26. The summed E-state index contributed by atoms with van der Waals surface area (Å²) in [6.07, 6.45) is 0. The molecule has 0 aliphatic heterocycles. The van der Waals surface area contributed by atoms with E-state index in [9.17, 15) is 0 Å². The maximum absolute atomic E-state index is 2.41. The standard InChI is InChI=1S/C48H30N2S.C38H28N2.C36H24N2/c1-3-12-34(13-4-1)49-43-20-9-7-16-37(43)40-28-31(22-25-44(40)49)32-23-26-45-41(29-32)42-30-33(24-27-46(42)50(45)35-14-5-2-6-15-35)36-18-11-19-39-38-17-8-10-21-47(38)51-48(36)39;1-25-9-7-11-29(21-25)39-35-15-5-3-13-31(35)33-23-27(17-19-37(33)39)28-18-20-38-34(24-28)32-14-4-6-16-36(32)40(38)30-12-8-10-26(2)22-30;1-3-11-27(12-4-1)37-33-17-9-7-15-29(33)31-23-25(19-21-35(31)37)26-20-22-36-32(24-26)30-16-8-10-18-34(30)38(36)28-13-5-2-6-14-28/h1-30H;3-24H,1-2H3;1-24H. The fourth-order valence-corrected chi connectivity index (χ4v) is 21.9. The van der Waals surface area contributed by atoms with E-state index in [1.165, 1.54) is 241 Å². The van der Waals surface area contributed by atoms with Crippen LogP contribution in [-0.4, -0.2) is 27.4 Å². The normalized spacial score (nSPS) is 11.8. The molecule has 7 aromatic heterocycles. The van der Waals surface area contributed by atoms with Gasteiger partial charge in [-0.15, -0.1) is 11.3 Å². The first-order chi connectivity index (χ1) is 63.8. The lowest BCUT2D eigenvalue weighted by molar-refractivity contribution is 1.17. The molecule has 0 fully saturated rings. The molecule has 27 rings (SSSR count). The van der Waals surface area contributed by atoms with Crippen molar-refractivity contribution in [3.05, 3.63) is 472 Å². The zero-order valence-corrected chi connectivity index (χ0v) is 71.8. The summed E-state index contributed by atoms with van der Waals surface area (Å²) in [5, 5.41) is 17.9. The Kier molecular flexibility index (Phi) is 17.8. The monoisotopic (exact) mass is 1660 g/mol. The van der Waals surface area contributed by atoms with Crippen molar-refractivity contribution in [3.63, 3.8) is 0 Å². The lowest BCUT2D eigenvalue weighted by Crippen LogP contribution is -1.94. The second kappa shape index (κ2) is 30.7. The average Bonchev–Trinajstić information content (AvgIpc) is 1.59. The van der Waals surface area contributed by atoms with E-state index >= 15 is 0 Å². The van der Waals surface area contributed by atoms with E-state index in [1.54, 1.807) is 0 Å². The smallest absolute Gasteiger partial charge is 0.0541 e. The first-order valence-electron chi connectivity index (χ1n) is 44.3. The fourth-order valence-electron chi connectivity index (χ4n) is 20.6. The first-order valence-corrected chi connectivity index (χ1v) is 45.2. The number of nitrogens with zero attached hydrogens (tertiary/aromatic N) is 6. The molecule has 27 aromatic rings. The molecule has 20 aromatic carbocycles. The van der Waals surface area contributed by atoms with Crippen molar-refractivity contribution in [2.45, 2.75) is 13.8 Å². The lowest BCUT2D eigenvalue weighted by Gasteiger charge is -2.10. The van der Waals surface area contributed by atoms with Gasteiger partial charge in [-0.25, -0.2) is 0 Å². The summed E-state index contributed by atoms with van der Waals surface area (Å²) in [6, 6.07) is 168. The molecule has 6 nitrogen and oxygen atoms in total. The molecule has 0 radical (unpaired) electrons. The molecule has 0 saturated heterocycles. The van der Waals surface area contributed by atoms with Gasteiger partial charge < -0.3 is 27.4 Å². The van der Waals surface area contributed by atoms with E-state index in [1.807, 2.05) is 11.3 Å².